The van der Waals surface area contributed by atoms with Crippen molar-refractivity contribution in [3.8, 4) is 0 Å². The Morgan fingerprint density at radius 2 is 2.00 bits per heavy atom. The van der Waals surface area contributed by atoms with Crippen LogP contribution in [-0.4, -0.2) is 34.1 Å². The second-order valence-corrected chi connectivity index (χ2v) is 7.67. The number of carbonyl (C=O) groups is 3. The van der Waals surface area contributed by atoms with E-state index in [1.54, 1.807) is 19.2 Å². The molecule has 0 saturated heterocycles. The molecule has 1 aromatic heterocycles. The van der Waals surface area contributed by atoms with Crippen LogP contribution in [0, 0.1) is 5.92 Å². The van der Waals surface area contributed by atoms with Crippen molar-refractivity contribution in [3.63, 3.8) is 0 Å². The number of hydrogen-bond donors (Lipinski definition) is 2. The summed E-state index contributed by atoms with van der Waals surface area (Å²) in [6.45, 7) is 9.54. The minimum Gasteiger partial charge on any atom is -0.341 e. The third-order valence-corrected chi connectivity index (χ3v) is 5.22. The number of aliphatic imine (C=N–C) groups is 1. The minimum absolute atomic E-state index is 0.0312. The summed E-state index contributed by atoms with van der Waals surface area (Å²) in [6.07, 6.45) is 5.17. The Labute approximate surface area is 171 Å². The molecule has 0 radical (unpaired) electrons. The molecule has 2 rings (SSSR count). The lowest BCUT2D eigenvalue weighted by atomic mass is 9.89. The van der Waals surface area contributed by atoms with E-state index in [4.69, 9.17) is 4.84 Å². The largest absolute Gasteiger partial charge is 0.341 e. The molecule has 29 heavy (non-hydrogen) atoms. The first-order valence-electron chi connectivity index (χ1n) is 10.1. The summed E-state index contributed by atoms with van der Waals surface area (Å²) in [4.78, 5) is 50.7. The van der Waals surface area contributed by atoms with Crippen molar-refractivity contribution in [2.75, 3.05) is 0 Å². The van der Waals surface area contributed by atoms with E-state index in [0.29, 0.717) is 12.8 Å². The van der Waals surface area contributed by atoms with Crippen LogP contribution >= 0.6 is 0 Å². The van der Waals surface area contributed by atoms with E-state index in [0.717, 1.165) is 18.4 Å². The number of amidine groups is 1. The van der Waals surface area contributed by atoms with Gasteiger partial charge in [0.05, 0.1) is 5.56 Å². The number of nitrogens with zero attached hydrogens (tertiary/aromatic N) is 2. The zero-order valence-corrected chi connectivity index (χ0v) is 17.8. The van der Waals surface area contributed by atoms with E-state index in [1.807, 2.05) is 27.7 Å². The van der Waals surface area contributed by atoms with Crippen LogP contribution in [0.2, 0.25) is 0 Å². The molecule has 0 saturated carbocycles. The predicted octanol–water partition coefficient (Wildman–Crippen LogP) is 2.70. The van der Waals surface area contributed by atoms with Crippen LogP contribution in [0.15, 0.2) is 17.3 Å². The molecule has 2 N–H and O–H groups in total. The van der Waals surface area contributed by atoms with Crippen LogP contribution in [0.3, 0.4) is 0 Å². The van der Waals surface area contributed by atoms with Gasteiger partial charge >= 0.3 is 5.97 Å². The van der Waals surface area contributed by atoms with Gasteiger partial charge in [0, 0.05) is 12.6 Å². The van der Waals surface area contributed by atoms with E-state index in [9.17, 15) is 14.4 Å². The molecule has 158 valence electrons. The van der Waals surface area contributed by atoms with Crippen molar-refractivity contribution in [2.24, 2.45) is 10.9 Å². The maximum absolute atomic E-state index is 12.7. The van der Waals surface area contributed by atoms with Crippen LogP contribution < -0.4 is 10.8 Å². The van der Waals surface area contributed by atoms with Gasteiger partial charge in [0.1, 0.15) is 11.2 Å². The number of hydrogen-bond acceptors (Lipinski definition) is 6. The molecule has 1 atom stereocenters. The molecule has 1 unspecified atom stereocenters. The molecular formula is C21H30N4O4. The van der Waals surface area contributed by atoms with Crippen LogP contribution in [0.25, 0.3) is 0 Å². The lowest BCUT2D eigenvalue weighted by Gasteiger charge is -2.21. The van der Waals surface area contributed by atoms with Gasteiger partial charge in [0.15, 0.2) is 5.84 Å². The lowest BCUT2D eigenvalue weighted by molar-refractivity contribution is -0.149. The standard InChI is InChI=1S/C21H30N4O4/c1-6-8-9-10-16(26)29-25-19(27)15-11-14(7-2)12-22-17(15)18-23-20(28)21(5,24-18)13(3)4/h11-13H,6-10H2,1-5H3,(H,25,27)(H,23,24,28). The summed E-state index contributed by atoms with van der Waals surface area (Å²) < 4.78 is 0. The molecule has 0 aliphatic carbocycles. The zero-order chi connectivity index (χ0) is 21.6. The summed E-state index contributed by atoms with van der Waals surface area (Å²) >= 11 is 0. The van der Waals surface area contributed by atoms with Crippen molar-refractivity contribution in [1.82, 2.24) is 15.8 Å². The number of carbonyl (C=O) groups excluding carboxylic acids is 3. The molecule has 0 fully saturated rings. The smallest absolute Gasteiger partial charge is 0.332 e. The number of aryl methyl sites for hydroxylation is 1. The molecule has 1 aromatic rings. The van der Waals surface area contributed by atoms with Crippen LogP contribution in [0.5, 0.6) is 0 Å². The Kier molecular flexibility index (Phi) is 7.47. The van der Waals surface area contributed by atoms with Gasteiger partial charge in [-0.3, -0.25) is 14.6 Å². The third kappa shape index (κ3) is 5.19. The number of nitrogens with one attached hydrogen (secondary N) is 2. The van der Waals surface area contributed by atoms with Crippen LogP contribution in [0.1, 0.15) is 81.9 Å². The highest BCUT2D eigenvalue weighted by atomic mass is 16.7. The highest BCUT2D eigenvalue weighted by Crippen LogP contribution is 2.27. The maximum atomic E-state index is 12.7. The SMILES string of the molecule is CCCCCC(=O)ONC(=O)c1cc(CC)cnc1C1=NC(C)(C(C)C)C(=O)N1. The van der Waals surface area contributed by atoms with Gasteiger partial charge in [-0.15, -0.1) is 0 Å². The van der Waals surface area contributed by atoms with E-state index < -0.39 is 17.4 Å². The summed E-state index contributed by atoms with van der Waals surface area (Å²) in [5.41, 5.74) is 2.55. The average molecular weight is 402 g/mol. The summed E-state index contributed by atoms with van der Waals surface area (Å²) in [5, 5.41) is 2.73. The number of amides is 2. The van der Waals surface area contributed by atoms with E-state index in [1.165, 1.54) is 0 Å². The fraction of sp³-hybridized carbons (Fsp3) is 0.571. The van der Waals surface area contributed by atoms with Crippen molar-refractivity contribution >= 4 is 23.6 Å². The molecule has 0 spiro atoms. The van der Waals surface area contributed by atoms with E-state index >= 15 is 0 Å². The Hall–Kier alpha value is -2.77. The van der Waals surface area contributed by atoms with Gasteiger partial charge in [-0.25, -0.2) is 9.79 Å². The number of pyridine rings is 1. The van der Waals surface area contributed by atoms with Gasteiger partial charge in [0.25, 0.3) is 11.8 Å². The second kappa shape index (κ2) is 9.62. The monoisotopic (exact) mass is 402 g/mol. The molecule has 2 amide bonds. The molecule has 1 aliphatic heterocycles. The third-order valence-electron chi connectivity index (χ3n) is 5.22. The quantitative estimate of drug-likeness (QED) is 0.513. The highest BCUT2D eigenvalue weighted by Gasteiger charge is 2.43. The highest BCUT2D eigenvalue weighted by molar-refractivity contribution is 6.18. The van der Waals surface area contributed by atoms with E-state index in [2.05, 4.69) is 20.8 Å². The number of unbranched alkanes of at least 4 members (excludes halogenated alkanes) is 2. The van der Waals surface area contributed by atoms with Crippen molar-refractivity contribution < 1.29 is 19.2 Å². The summed E-state index contributed by atoms with van der Waals surface area (Å²) in [6, 6.07) is 1.67. The average Bonchev–Trinajstić information content (AvgIpc) is 3.01. The fourth-order valence-corrected chi connectivity index (χ4v) is 2.84. The van der Waals surface area contributed by atoms with Gasteiger partial charge in [-0.05, 0) is 37.3 Å². The molecule has 0 aromatic carbocycles. The van der Waals surface area contributed by atoms with Crippen molar-refractivity contribution in [1.29, 1.82) is 0 Å². The first-order chi connectivity index (χ1) is 13.7. The number of aromatic nitrogens is 1. The molecule has 1 aliphatic rings. The normalized spacial score (nSPS) is 18.4. The lowest BCUT2D eigenvalue weighted by Crippen LogP contribution is -2.41. The van der Waals surface area contributed by atoms with Gasteiger partial charge < -0.3 is 10.2 Å². The first-order valence-corrected chi connectivity index (χ1v) is 10.1. The predicted molar refractivity (Wildman–Crippen MR) is 109 cm³/mol. The number of rotatable bonds is 8. The van der Waals surface area contributed by atoms with Gasteiger partial charge in [-0.2, -0.15) is 5.48 Å². The van der Waals surface area contributed by atoms with Crippen LogP contribution in [-0.2, 0) is 20.8 Å². The number of hydroxylamine groups is 1. The second-order valence-electron chi connectivity index (χ2n) is 7.67. The van der Waals surface area contributed by atoms with Gasteiger partial charge in [0.2, 0.25) is 0 Å². The van der Waals surface area contributed by atoms with Crippen molar-refractivity contribution in [2.45, 2.75) is 72.3 Å². The Balaban J connectivity index is 2.25. The molecule has 2 heterocycles. The molecular weight excluding hydrogens is 372 g/mol. The molecule has 8 heteroatoms. The first kappa shape index (κ1) is 22.5. The van der Waals surface area contributed by atoms with Crippen LogP contribution in [0.4, 0.5) is 0 Å². The Morgan fingerprint density at radius 1 is 1.28 bits per heavy atom. The maximum Gasteiger partial charge on any atom is 0.332 e. The summed E-state index contributed by atoms with van der Waals surface area (Å²) in [7, 11) is 0. The topological polar surface area (TPSA) is 110 Å². The zero-order valence-electron chi connectivity index (χ0n) is 17.8. The minimum atomic E-state index is -0.931. The van der Waals surface area contributed by atoms with Crippen molar-refractivity contribution in [3.05, 3.63) is 29.1 Å². The molecule has 8 nitrogen and oxygen atoms in total. The Bertz CT molecular complexity index is 819. The fourth-order valence-electron chi connectivity index (χ4n) is 2.84. The van der Waals surface area contributed by atoms with E-state index in [-0.39, 0.29) is 35.3 Å². The summed E-state index contributed by atoms with van der Waals surface area (Å²) in [5.74, 6) is -1.13. The molecule has 0 bridgehead atoms. The van der Waals surface area contributed by atoms with Gasteiger partial charge in [-0.1, -0.05) is 40.5 Å². The Morgan fingerprint density at radius 3 is 2.59 bits per heavy atom.